The minimum Gasteiger partial charge on any atom is -0.462 e. The topological polar surface area (TPSA) is 88.8 Å². The summed E-state index contributed by atoms with van der Waals surface area (Å²) in [5.41, 5.74) is 5.69. The van der Waals surface area contributed by atoms with E-state index in [4.69, 9.17) is 14.7 Å². The number of rotatable bonds is 7. The van der Waals surface area contributed by atoms with Gasteiger partial charge in [0.25, 0.3) is 0 Å². The number of amides is 1. The number of nitrogens with zero attached hydrogens (tertiary/aromatic N) is 7. The van der Waals surface area contributed by atoms with Crippen LogP contribution in [0.15, 0.2) is 30.9 Å². The standard InChI is InChI=1S/C30H38FN7O2/c1-5-28(39)38-14-13-37(17-23(38)9-11-32)29-25-10-12-36(27-8-6-7-20(2)21(27)3)18-26(25)33-30(34-29)40-19-24-15-22(31)16-35(24)4/h5-8,22-24H,1,9-10,12-19H2,2-4H3/t22-,23?,24+/m1/s1. The average Bonchev–Trinajstić information content (AvgIpc) is 3.28. The van der Waals surface area contributed by atoms with Crippen LogP contribution < -0.4 is 14.5 Å². The quantitative estimate of drug-likeness (QED) is 0.489. The number of nitriles is 1. The molecule has 2 aromatic rings. The maximum Gasteiger partial charge on any atom is 0.318 e. The number of hydrogen-bond donors (Lipinski definition) is 0. The highest BCUT2D eigenvalue weighted by atomic mass is 19.1. The second-order valence-corrected chi connectivity index (χ2v) is 11.1. The number of fused-ring (bicyclic) bond motifs is 1. The van der Waals surface area contributed by atoms with E-state index in [0.717, 1.165) is 30.0 Å². The second kappa shape index (κ2) is 11.8. The van der Waals surface area contributed by atoms with Crippen molar-refractivity contribution in [3.8, 4) is 12.1 Å². The Morgan fingerprint density at radius 1 is 1.20 bits per heavy atom. The fraction of sp³-hybridized carbons (Fsp3) is 0.533. The fourth-order valence-electron chi connectivity index (χ4n) is 6.11. The van der Waals surface area contributed by atoms with Crippen molar-refractivity contribution in [3.63, 3.8) is 0 Å². The van der Waals surface area contributed by atoms with Gasteiger partial charge in [-0.15, -0.1) is 0 Å². The van der Waals surface area contributed by atoms with E-state index in [1.807, 2.05) is 11.9 Å². The van der Waals surface area contributed by atoms with E-state index >= 15 is 0 Å². The first-order valence-corrected chi connectivity index (χ1v) is 14.0. The summed E-state index contributed by atoms with van der Waals surface area (Å²) in [6.07, 6.45) is 1.89. The van der Waals surface area contributed by atoms with E-state index < -0.39 is 6.17 Å². The van der Waals surface area contributed by atoms with Gasteiger partial charge in [0.2, 0.25) is 5.91 Å². The Balaban J connectivity index is 1.46. The number of aryl methyl sites for hydroxylation is 1. The first kappa shape index (κ1) is 27.8. The molecule has 40 heavy (non-hydrogen) atoms. The van der Waals surface area contributed by atoms with Gasteiger partial charge < -0.3 is 19.4 Å². The first-order valence-electron chi connectivity index (χ1n) is 14.0. The highest BCUT2D eigenvalue weighted by Crippen LogP contribution is 2.34. The summed E-state index contributed by atoms with van der Waals surface area (Å²) in [4.78, 5) is 30.4. The second-order valence-electron chi connectivity index (χ2n) is 11.1. The van der Waals surface area contributed by atoms with E-state index in [2.05, 4.69) is 54.5 Å². The van der Waals surface area contributed by atoms with Gasteiger partial charge in [0.05, 0.1) is 30.8 Å². The van der Waals surface area contributed by atoms with Gasteiger partial charge in [-0.2, -0.15) is 15.2 Å². The Labute approximate surface area is 235 Å². The molecule has 10 heteroatoms. The van der Waals surface area contributed by atoms with Crippen LogP contribution in [0.4, 0.5) is 15.9 Å². The largest absolute Gasteiger partial charge is 0.462 e. The number of benzene rings is 1. The Kier molecular flexibility index (Phi) is 8.22. The van der Waals surface area contributed by atoms with Crippen molar-refractivity contribution in [1.29, 1.82) is 5.26 Å². The van der Waals surface area contributed by atoms with Crippen molar-refractivity contribution in [2.45, 2.75) is 57.9 Å². The summed E-state index contributed by atoms with van der Waals surface area (Å²) >= 11 is 0. The lowest BCUT2D eigenvalue weighted by Crippen LogP contribution is -2.55. The lowest BCUT2D eigenvalue weighted by molar-refractivity contribution is -0.128. The molecule has 1 aromatic heterocycles. The molecule has 1 aromatic carbocycles. The Hall–Kier alpha value is -3.71. The third kappa shape index (κ3) is 5.61. The molecule has 0 N–H and O–H groups in total. The maximum atomic E-state index is 14.0. The number of piperazine rings is 1. The number of likely N-dealkylation sites (tertiary alicyclic amines) is 1. The number of ether oxygens (including phenoxy) is 1. The Morgan fingerprint density at radius 2 is 2.02 bits per heavy atom. The Morgan fingerprint density at radius 3 is 2.75 bits per heavy atom. The third-order valence-electron chi connectivity index (χ3n) is 8.55. The molecular weight excluding hydrogens is 509 g/mol. The smallest absolute Gasteiger partial charge is 0.318 e. The molecule has 2 fully saturated rings. The summed E-state index contributed by atoms with van der Waals surface area (Å²) in [5.74, 6) is 0.641. The van der Waals surface area contributed by atoms with Crippen LogP contribution in [0.5, 0.6) is 6.01 Å². The number of hydrogen-bond acceptors (Lipinski definition) is 8. The number of aromatic nitrogens is 2. The molecule has 3 aliphatic heterocycles. The van der Waals surface area contributed by atoms with Crippen LogP contribution in [-0.2, 0) is 17.8 Å². The van der Waals surface area contributed by atoms with Gasteiger partial charge in [0, 0.05) is 50.0 Å². The van der Waals surface area contributed by atoms with Crippen LogP contribution >= 0.6 is 0 Å². The molecule has 4 heterocycles. The average molecular weight is 548 g/mol. The van der Waals surface area contributed by atoms with Crippen LogP contribution in [-0.4, -0.2) is 90.3 Å². The minimum atomic E-state index is -0.851. The summed E-state index contributed by atoms with van der Waals surface area (Å²) in [5, 5.41) is 9.46. The van der Waals surface area contributed by atoms with Gasteiger partial charge >= 0.3 is 6.01 Å². The van der Waals surface area contributed by atoms with Crippen LogP contribution in [0, 0.1) is 25.2 Å². The maximum absolute atomic E-state index is 14.0. The Bertz CT molecular complexity index is 1310. The fourth-order valence-corrected chi connectivity index (χ4v) is 6.11. The van der Waals surface area contributed by atoms with Crippen LogP contribution in [0.3, 0.4) is 0 Å². The molecule has 1 unspecified atom stereocenters. The molecule has 3 aliphatic rings. The molecule has 2 saturated heterocycles. The van der Waals surface area contributed by atoms with Gasteiger partial charge in [-0.05, 0) is 57.0 Å². The van der Waals surface area contributed by atoms with Crippen LogP contribution in [0.25, 0.3) is 0 Å². The zero-order valence-electron chi connectivity index (χ0n) is 23.6. The highest BCUT2D eigenvalue weighted by Gasteiger charge is 2.34. The number of halogens is 1. The van der Waals surface area contributed by atoms with Crippen molar-refractivity contribution in [2.75, 3.05) is 56.2 Å². The summed E-state index contributed by atoms with van der Waals surface area (Å²) < 4.78 is 20.1. The van der Waals surface area contributed by atoms with Crippen molar-refractivity contribution >= 4 is 17.4 Å². The number of carbonyl (C=O) groups is 1. The molecule has 0 spiro atoms. The number of anilines is 2. The molecule has 0 aliphatic carbocycles. The van der Waals surface area contributed by atoms with Crippen molar-refractivity contribution in [3.05, 3.63) is 53.2 Å². The van der Waals surface area contributed by atoms with Crippen molar-refractivity contribution in [2.24, 2.45) is 0 Å². The first-order chi connectivity index (χ1) is 19.3. The third-order valence-corrected chi connectivity index (χ3v) is 8.55. The van der Waals surface area contributed by atoms with E-state index in [-0.39, 0.29) is 30.4 Å². The summed E-state index contributed by atoms with van der Waals surface area (Å²) in [6.45, 7) is 11.6. The van der Waals surface area contributed by atoms with Gasteiger partial charge in [0.15, 0.2) is 0 Å². The van der Waals surface area contributed by atoms with Crippen molar-refractivity contribution < 1.29 is 13.9 Å². The predicted molar refractivity (Wildman–Crippen MR) is 152 cm³/mol. The molecule has 1 amide bonds. The van der Waals surface area contributed by atoms with E-state index in [0.29, 0.717) is 45.8 Å². The molecule has 5 rings (SSSR count). The van der Waals surface area contributed by atoms with Crippen LogP contribution in [0.2, 0.25) is 0 Å². The molecule has 0 radical (unpaired) electrons. The molecule has 0 bridgehead atoms. The molecule has 0 saturated carbocycles. The SMILES string of the molecule is C=CC(=O)N1CCN(c2nc(OC[C@@H]3C[C@@H](F)CN3C)nc3c2CCN(c2cccc(C)c2C)C3)CC1CC#N. The molecule has 3 atom stereocenters. The zero-order chi connectivity index (χ0) is 28.4. The van der Waals surface area contributed by atoms with Crippen molar-refractivity contribution in [1.82, 2.24) is 19.8 Å². The van der Waals surface area contributed by atoms with Gasteiger partial charge in [-0.3, -0.25) is 9.69 Å². The minimum absolute atomic E-state index is 0.0296. The van der Waals surface area contributed by atoms with Gasteiger partial charge in [-0.1, -0.05) is 18.7 Å². The van der Waals surface area contributed by atoms with Gasteiger partial charge in [0.1, 0.15) is 18.6 Å². The zero-order valence-corrected chi connectivity index (χ0v) is 23.6. The number of carbonyl (C=O) groups excluding carboxylic acids is 1. The molecular formula is C30H38FN7O2. The monoisotopic (exact) mass is 547 g/mol. The van der Waals surface area contributed by atoms with Crippen LogP contribution in [0.1, 0.15) is 35.2 Å². The highest BCUT2D eigenvalue weighted by molar-refractivity contribution is 5.87. The van der Waals surface area contributed by atoms with E-state index in [1.54, 1.807) is 4.90 Å². The van der Waals surface area contributed by atoms with E-state index in [9.17, 15) is 14.4 Å². The summed E-state index contributed by atoms with van der Waals surface area (Å²) in [6, 6.07) is 8.59. The lowest BCUT2D eigenvalue weighted by atomic mass is 10.0. The van der Waals surface area contributed by atoms with E-state index in [1.165, 1.54) is 22.9 Å². The summed E-state index contributed by atoms with van der Waals surface area (Å²) in [7, 11) is 1.91. The van der Waals surface area contributed by atoms with Gasteiger partial charge in [-0.25, -0.2) is 4.39 Å². The number of likely N-dealkylation sites (N-methyl/N-ethyl adjacent to an activating group) is 1. The molecule has 9 nitrogen and oxygen atoms in total. The normalized spacial score (nSPS) is 23.1. The molecule has 212 valence electrons. The number of alkyl halides is 1. The lowest BCUT2D eigenvalue weighted by Gasteiger charge is -2.42. The predicted octanol–water partition coefficient (Wildman–Crippen LogP) is 3.19.